The number of hydrogen-bond donors (Lipinski definition) is 1. The minimum Gasteiger partial charge on any atom is -0.482 e. The average Bonchev–Trinajstić information content (AvgIpc) is 2.16. The highest BCUT2D eigenvalue weighted by molar-refractivity contribution is 5.95. The molecule has 66 valence electrons. The van der Waals surface area contributed by atoms with Crippen LogP contribution in [0.25, 0.3) is 0 Å². The topological polar surface area (TPSA) is 67.8 Å². The predicted molar refractivity (Wildman–Crippen MR) is 46.0 cm³/mol. The van der Waals surface area contributed by atoms with Crippen LogP contribution in [0.4, 0.5) is 11.4 Å². The van der Waals surface area contributed by atoms with Gasteiger partial charge in [0.05, 0.1) is 5.69 Å². The second-order valence-corrected chi connectivity index (χ2v) is 2.61. The Morgan fingerprint density at radius 1 is 1.46 bits per heavy atom. The van der Waals surface area contributed by atoms with Crippen molar-refractivity contribution in [2.45, 2.75) is 0 Å². The summed E-state index contributed by atoms with van der Waals surface area (Å²) in [7, 11) is 0. The van der Waals surface area contributed by atoms with E-state index in [-0.39, 0.29) is 18.2 Å². The van der Waals surface area contributed by atoms with Crippen LogP contribution in [0, 0.1) is 4.91 Å². The Kier molecular flexibility index (Phi) is 1.70. The van der Waals surface area contributed by atoms with Crippen molar-refractivity contribution in [3.8, 4) is 5.75 Å². The maximum atomic E-state index is 10.9. The van der Waals surface area contributed by atoms with Gasteiger partial charge in [-0.05, 0) is 23.4 Å². The molecular formula is C8H6N2O3. The normalized spacial score (nSPS) is 14.0. The Labute approximate surface area is 73.7 Å². The molecule has 1 amide bonds. The minimum absolute atomic E-state index is 0.0147. The van der Waals surface area contributed by atoms with E-state index in [2.05, 4.69) is 10.5 Å². The molecule has 0 saturated carbocycles. The minimum atomic E-state index is -0.226. The third kappa shape index (κ3) is 1.35. The first-order chi connectivity index (χ1) is 6.29. The molecule has 5 heteroatoms. The Morgan fingerprint density at radius 2 is 2.31 bits per heavy atom. The fourth-order valence-corrected chi connectivity index (χ4v) is 1.13. The summed E-state index contributed by atoms with van der Waals surface area (Å²) in [4.78, 5) is 21.1. The molecule has 1 aromatic rings. The molecule has 0 spiro atoms. The number of benzene rings is 1. The van der Waals surface area contributed by atoms with E-state index in [0.717, 1.165) is 0 Å². The largest absolute Gasteiger partial charge is 0.482 e. The summed E-state index contributed by atoms with van der Waals surface area (Å²) in [5.41, 5.74) is 0.762. The Bertz CT molecular complexity index is 376. The number of nitrogens with zero attached hydrogens (tertiary/aromatic N) is 1. The van der Waals surface area contributed by atoms with Crippen LogP contribution < -0.4 is 10.1 Å². The fraction of sp³-hybridized carbons (Fsp3) is 0.125. The number of hydrogen-bond acceptors (Lipinski definition) is 4. The van der Waals surface area contributed by atoms with Gasteiger partial charge in [-0.1, -0.05) is 0 Å². The van der Waals surface area contributed by atoms with Gasteiger partial charge in [-0.3, -0.25) is 4.79 Å². The standard InChI is InChI=1S/C8H6N2O3/c11-8-4-13-7-2-1-5(10-12)3-6(7)9-8/h1-3H,4H2,(H,9,11). The van der Waals surface area contributed by atoms with Crippen molar-refractivity contribution >= 4 is 17.3 Å². The zero-order chi connectivity index (χ0) is 9.26. The van der Waals surface area contributed by atoms with Crippen LogP contribution in [0.5, 0.6) is 5.75 Å². The molecule has 1 aliphatic heterocycles. The Hall–Kier alpha value is -1.91. The zero-order valence-electron chi connectivity index (χ0n) is 6.61. The van der Waals surface area contributed by atoms with Crippen molar-refractivity contribution in [2.75, 3.05) is 11.9 Å². The third-order valence-corrected chi connectivity index (χ3v) is 1.70. The van der Waals surface area contributed by atoms with Gasteiger partial charge >= 0.3 is 0 Å². The van der Waals surface area contributed by atoms with E-state index in [1.807, 2.05) is 0 Å². The van der Waals surface area contributed by atoms with Crippen molar-refractivity contribution < 1.29 is 9.53 Å². The molecule has 0 atom stereocenters. The van der Waals surface area contributed by atoms with E-state index < -0.39 is 0 Å². The van der Waals surface area contributed by atoms with Gasteiger partial charge < -0.3 is 10.1 Å². The smallest absolute Gasteiger partial charge is 0.262 e. The molecule has 1 aliphatic rings. The van der Waals surface area contributed by atoms with E-state index in [1.54, 1.807) is 6.07 Å². The SMILES string of the molecule is O=Nc1ccc2c(c1)NC(=O)CO2. The highest BCUT2D eigenvalue weighted by atomic mass is 16.5. The first kappa shape index (κ1) is 7.72. The molecule has 2 rings (SSSR count). The molecule has 0 fully saturated rings. The molecule has 1 heterocycles. The number of nitrogens with one attached hydrogen (secondary N) is 1. The Morgan fingerprint density at radius 3 is 3.08 bits per heavy atom. The lowest BCUT2D eigenvalue weighted by molar-refractivity contribution is -0.118. The van der Waals surface area contributed by atoms with Crippen molar-refractivity contribution in [2.24, 2.45) is 5.18 Å². The second kappa shape index (κ2) is 2.85. The van der Waals surface area contributed by atoms with Crippen LogP contribution in [0.3, 0.4) is 0 Å². The molecule has 0 aromatic heterocycles. The number of fused-ring (bicyclic) bond motifs is 1. The lowest BCUT2D eigenvalue weighted by Crippen LogP contribution is -2.25. The van der Waals surface area contributed by atoms with Gasteiger partial charge in [0, 0.05) is 0 Å². The summed E-state index contributed by atoms with van der Waals surface area (Å²) in [6.07, 6.45) is 0. The number of anilines is 1. The van der Waals surface area contributed by atoms with Crippen molar-refractivity contribution in [3.05, 3.63) is 23.1 Å². The number of carbonyl (C=O) groups is 1. The highest BCUT2D eigenvalue weighted by Gasteiger charge is 2.15. The number of nitroso groups, excluding NO2 is 1. The molecule has 13 heavy (non-hydrogen) atoms. The lowest BCUT2D eigenvalue weighted by Gasteiger charge is -2.17. The third-order valence-electron chi connectivity index (χ3n) is 1.70. The van der Waals surface area contributed by atoms with E-state index in [1.165, 1.54) is 12.1 Å². The number of amides is 1. The lowest BCUT2D eigenvalue weighted by atomic mass is 10.2. The maximum absolute atomic E-state index is 10.9. The summed E-state index contributed by atoms with van der Waals surface area (Å²) in [6.45, 7) is 0.0147. The summed E-state index contributed by atoms with van der Waals surface area (Å²) >= 11 is 0. The van der Waals surface area contributed by atoms with Gasteiger partial charge in [0.25, 0.3) is 5.91 Å². The van der Waals surface area contributed by atoms with Crippen LogP contribution in [-0.4, -0.2) is 12.5 Å². The van der Waals surface area contributed by atoms with E-state index in [0.29, 0.717) is 11.4 Å². The van der Waals surface area contributed by atoms with Crippen molar-refractivity contribution in [1.82, 2.24) is 0 Å². The van der Waals surface area contributed by atoms with Crippen molar-refractivity contribution in [3.63, 3.8) is 0 Å². The van der Waals surface area contributed by atoms with Crippen LogP contribution in [0.15, 0.2) is 23.4 Å². The number of rotatable bonds is 1. The van der Waals surface area contributed by atoms with Gasteiger partial charge in [0.15, 0.2) is 6.61 Å². The molecule has 0 unspecified atom stereocenters. The van der Waals surface area contributed by atoms with E-state index >= 15 is 0 Å². The summed E-state index contributed by atoms with van der Waals surface area (Å²) in [5.74, 6) is 0.336. The van der Waals surface area contributed by atoms with E-state index in [4.69, 9.17) is 4.74 Å². The van der Waals surface area contributed by atoms with Crippen LogP contribution in [-0.2, 0) is 4.79 Å². The van der Waals surface area contributed by atoms with E-state index in [9.17, 15) is 9.70 Å². The Balaban J connectivity index is 2.43. The van der Waals surface area contributed by atoms with Crippen molar-refractivity contribution in [1.29, 1.82) is 0 Å². The molecule has 0 aliphatic carbocycles. The summed E-state index contributed by atoms with van der Waals surface area (Å²) in [5, 5.41) is 5.32. The van der Waals surface area contributed by atoms with Gasteiger partial charge in [0.2, 0.25) is 0 Å². The molecule has 5 nitrogen and oxygen atoms in total. The summed E-state index contributed by atoms with van der Waals surface area (Å²) < 4.78 is 5.08. The highest BCUT2D eigenvalue weighted by Crippen LogP contribution is 2.31. The molecular weight excluding hydrogens is 172 g/mol. The zero-order valence-corrected chi connectivity index (χ0v) is 6.61. The first-order valence-electron chi connectivity index (χ1n) is 3.69. The maximum Gasteiger partial charge on any atom is 0.262 e. The molecule has 1 aromatic carbocycles. The van der Waals surface area contributed by atoms with Gasteiger partial charge in [-0.2, -0.15) is 0 Å². The van der Waals surface area contributed by atoms with Crippen LogP contribution >= 0.6 is 0 Å². The van der Waals surface area contributed by atoms with Gasteiger partial charge in [-0.15, -0.1) is 4.91 Å². The number of carbonyl (C=O) groups excluding carboxylic acids is 1. The monoisotopic (exact) mass is 178 g/mol. The summed E-state index contributed by atoms with van der Waals surface area (Å²) in [6, 6.07) is 4.61. The number of ether oxygens (including phenoxy) is 1. The first-order valence-corrected chi connectivity index (χ1v) is 3.69. The molecule has 0 bridgehead atoms. The average molecular weight is 178 g/mol. The second-order valence-electron chi connectivity index (χ2n) is 2.61. The van der Waals surface area contributed by atoms with Gasteiger partial charge in [-0.25, -0.2) is 0 Å². The van der Waals surface area contributed by atoms with Gasteiger partial charge in [0.1, 0.15) is 11.4 Å². The quantitative estimate of drug-likeness (QED) is 0.661. The predicted octanol–water partition coefficient (Wildman–Crippen LogP) is 1.42. The van der Waals surface area contributed by atoms with Crippen LogP contribution in [0.2, 0.25) is 0 Å². The molecule has 0 saturated heterocycles. The molecule has 0 radical (unpaired) electrons. The molecule has 1 N–H and O–H groups in total. The van der Waals surface area contributed by atoms with Crippen LogP contribution in [0.1, 0.15) is 0 Å². The fourth-order valence-electron chi connectivity index (χ4n) is 1.13.